The van der Waals surface area contributed by atoms with Gasteiger partial charge < -0.3 is 10.4 Å². The fourth-order valence-electron chi connectivity index (χ4n) is 9.60. The van der Waals surface area contributed by atoms with E-state index in [1.165, 1.54) is 56.9 Å². The van der Waals surface area contributed by atoms with Crippen LogP contribution in [0.3, 0.4) is 0 Å². The van der Waals surface area contributed by atoms with E-state index < -0.39 is 0 Å². The zero-order valence-corrected chi connectivity index (χ0v) is 22.6. The lowest BCUT2D eigenvalue weighted by Crippen LogP contribution is -2.80. The molecule has 1 aromatic carbocycles. The number of carbonyl (C=O) groups is 1. The minimum absolute atomic E-state index is 0.0636. The van der Waals surface area contributed by atoms with Gasteiger partial charge in [-0.3, -0.25) is 14.6 Å². The zero-order valence-electron chi connectivity index (χ0n) is 22.6. The van der Waals surface area contributed by atoms with Crippen molar-refractivity contribution in [2.24, 2.45) is 11.3 Å². The number of allylic oxidation sites excluding steroid dienone is 3. The number of nitrogens with one attached hydrogen (secondary N) is 1. The first-order valence-corrected chi connectivity index (χ1v) is 15.2. The third kappa shape index (κ3) is 3.68. The third-order valence-corrected chi connectivity index (χ3v) is 11.1. The standard InChI is InChI=1S/C33H43N3O2/c1-2-20-35-28-18-19-33(28)29-17-16-27(31(33)35)36(29)30(24-8-7-11-26(37)21-24)22-12-14-23(15-13-22)32(38)34-25-9-5-3-4-6-10-25/h2,7-8,11-15,24-25,27-31,37H,1,3-6,9-10,16-21H2,(H,34,38). The summed E-state index contributed by atoms with van der Waals surface area (Å²) in [6.07, 6.45) is 21.4. The highest BCUT2D eigenvalue weighted by molar-refractivity contribution is 5.94. The lowest BCUT2D eigenvalue weighted by molar-refractivity contribution is -0.204. The van der Waals surface area contributed by atoms with Crippen LogP contribution in [0.5, 0.6) is 0 Å². The van der Waals surface area contributed by atoms with Gasteiger partial charge in [-0.1, -0.05) is 56.0 Å². The Hall–Kier alpha value is -2.37. The summed E-state index contributed by atoms with van der Waals surface area (Å²) in [5, 5.41) is 13.8. The van der Waals surface area contributed by atoms with Crippen molar-refractivity contribution in [3.05, 3.63) is 72.0 Å². The molecule has 5 nitrogen and oxygen atoms in total. The number of aliphatic hydroxyl groups excluding tert-OH is 1. The van der Waals surface area contributed by atoms with Crippen molar-refractivity contribution in [1.29, 1.82) is 0 Å². The molecular formula is C33H43N3O2. The molecule has 3 aliphatic heterocycles. The second-order valence-corrected chi connectivity index (χ2v) is 12.8. The van der Waals surface area contributed by atoms with Gasteiger partial charge in [0, 0.05) is 66.1 Å². The van der Waals surface area contributed by atoms with Crippen LogP contribution in [0.4, 0.5) is 0 Å². The minimum Gasteiger partial charge on any atom is -0.512 e. The maximum absolute atomic E-state index is 13.1. The van der Waals surface area contributed by atoms with E-state index in [1.807, 2.05) is 24.3 Å². The van der Waals surface area contributed by atoms with Gasteiger partial charge in [-0.2, -0.15) is 0 Å². The molecule has 5 heteroatoms. The van der Waals surface area contributed by atoms with Crippen LogP contribution in [0.25, 0.3) is 0 Å². The first kappa shape index (κ1) is 24.7. The Morgan fingerprint density at radius 1 is 1.08 bits per heavy atom. The second kappa shape index (κ2) is 9.67. The number of hydrogen-bond donors (Lipinski definition) is 2. The van der Waals surface area contributed by atoms with Crippen LogP contribution in [0, 0.1) is 11.3 Å². The number of likely N-dealkylation sites (tertiary alicyclic amines) is 1. The van der Waals surface area contributed by atoms with Crippen molar-refractivity contribution in [3.63, 3.8) is 0 Å². The number of aliphatic hydroxyl groups is 1. The molecule has 6 aliphatic rings. The molecule has 3 saturated heterocycles. The summed E-state index contributed by atoms with van der Waals surface area (Å²) >= 11 is 0. The van der Waals surface area contributed by atoms with Gasteiger partial charge in [-0.15, -0.1) is 6.58 Å². The maximum atomic E-state index is 13.1. The van der Waals surface area contributed by atoms with Gasteiger partial charge in [0.05, 0.1) is 5.76 Å². The summed E-state index contributed by atoms with van der Waals surface area (Å²) < 4.78 is 0. The highest BCUT2D eigenvalue weighted by atomic mass is 16.3. The molecule has 2 saturated carbocycles. The van der Waals surface area contributed by atoms with Crippen molar-refractivity contribution in [2.75, 3.05) is 6.54 Å². The van der Waals surface area contributed by atoms with Crippen molar-refractivity contribution in [1.82, 2.24) is 15.1 Å². The predicted molar refractivity (Wildman–Crippen MR) is 151 cm³/mol. The minimum atomic E-state index is 0.0636. The Bertz CT molecular complexity index is 1130. The Morgan fingerprint density at radius 2 is 1.87 bits per heavy atom. The van der Waals surface area contributed by atoms with Crippen molar-refractivity contribution < 1.29 is 9.90 Å². The van der Waals surface area contributed by atoms with Crippen molar-refractivity contribution in [2.45, 2.75) is 107 Å². The smallest absolute Gasteiger partial charge is 0.251 e. The molecule has 38 heavy (non-hydrogen) atoms. The molecule has 7 rings (SSSR count). The molecule has 2 N–H and O–H groups in total. The van der Waals surface area contributed by atoms with Crippen molar-refractivity contribution in [3.8, 4) is 0 Å². The fraction of sp³-hybridized carbons (Fsp3) is 0.606. The fourth-order valence-corrected chi connectivity index (χ4v) is 9.60. The molecule has 0 radical (unpaired) electrons. The summed E-state index contributed by atoms with van der Waals surface area (Å²) in [4.78, 5) is 18.7. The second-order valence-electron chi connectivity index (χ2n) is 12.8. The number of hydrogen-bond acceptors (Lipinski definition) is 4. The van der Waals surface area contributed by atoms with Crippen molar-refractivity contribution >= 4 is 5.91 Å². The van der Waals surface area contributed by atoms with Crippen LogP contribution < -0.4 is 5.32 Å². The van der Waals surface area contributed by atoms with Gasteiger partial charge in [0.1, 0.15) is 0 Å². The van der Waals surface area contributed by atoms with Gasteiger partial charge in [-0.25, -0.2) is 0 Å². The lowest BCUT2D eigenvalue weighted by atomic mass is 9.47. The van der Waals surface area contributed by atoms with E-state index >= 15 is 0 Å². The average molecular weight is 514 g/mol. The lowest BCUT2D eigenvalue weighted by Gasteiger charge is -2.71. The summed E-state index contributed by atoms with van der Waals surface area (Å²) in [5.41, 5.74) is 2.50. The Labute approximate surface area is 227 Å². The Morgan fingerprint density at radius 3 is 2.55 bits per heavy atom. The predicted octanol–water partition coefficient (Wildman–Crippen LogP) is 6.06. The molecule has 2 bridgehead atoms. The van der Waals surface area contributed by atoms with Crippen LogP contribution in [-0.4, -0.2) is 57.6 Å². The summed E-state index contributed by atoms with van der Waals surface area (Å²) in [6.45, 7) is 5.05. The number of amides is 1. The van der Waals surface area contributed by atoms with Crippen LogP contribution in [0.15, 0.2) is 60.9 Å². The van der Waals surface area contributed by atoms with E-state index in [0.717, 1.165) is 24.9 Å². The number of rotatable bonds is 7. The van der Waals surface area contributed by atoms with E-state index in [1.54, 1.807) is 0 Å². The Kier molecular flexibility index (Phi) is 6.28. The molecule has 0 aromatic heterocycles. The number of nitrogens with zero attached hydrogens (tertiary/aromatic N) is 2. The average Bonchev–Trinajstić information content (AvgIpc) is 3.30. The van der Waals surface area contributed by atoms with Gasteiger partial charge in [0.2, 0.25) is 0 Å². The molecule has 3 heterocycles. The van der Waals surface area contributed by atoms with E-state index in [0.29, 0.717) is 47.8 Å². The molecule has 5 fully saturated rings. The molecule has 202 valence electrons. The quantitative estimate of drug-likeness (QED) is 0.344. The van der Waals surface area contributed by atoms with E-state index in [4.69, 9.17) is 0 Å². The first-order valence-electron chi connectivity index (χ1n) is 15.2. The summed E-state index contributed by atoms with van der Waals surface area (Å²) in [7, 11) is 0. The zero-order chi connectivity index (χ0) is 25.9. The number of fused-ring (bicyclic) bond motifs is 3. The van der Waals surface area contributed by atoms with Gasteiger partial charge >= 0.3 is 0 Å². The molecule has 7 atom stereocenters. The molecular weight excluding hydrogens is 470 g/mol. The van der Waals surface area contributed by atoms with Crippen LogP contribution in [0.1, 0.15) is 92.6 Å². The highest BCUT2D eigenvalue weighted by Crippen LogP contribution is 2.71. The first-order chi connectivity index (χ1) is 18.6. The molecule has 1 amide bonds. The summed E-state index contributed by atoms with van der Waals surface area (Å²) in [6, 6.07) is 11.5. The molecule has 3 aliphatic carbocycles. The van der Waals surface area contributed by atoms with Crippen LogP contribution in [-0.2, 0) is 0 Å². The Balaban J connectivity index is 1.16. The van der Waals surface area contributed by atoms with Crippen LogP contribution >= 0.6 is 0 Å². The SMILES string of the molecule is C=CCN1C2CCC23C1C1CCC3N1C(c1ccc(C(=O)NC2CCCCCC2)cc1)C1C=CC=C(O)C1. The number of benzene rings is 1. The van der Waals surface area contributed by atoms with Gasteiger partial charge in [-0.05, 0) is 62.3 Å². The van der Waals surface area contributed by atoms with E-state index in [9.17, 15) is 9.90 Å². The van der Waals surface area contributed by atoms with Gasteiger partial charge in [0.25, 0.3) is 5.91 Å². The largest absolute Gasteiger partial charge is 0.512 e. The van der Waals surface area contributed by atoms with E-state index in [2.05, 4.69) is 46.0 Å². The summed E-state index contributed by atoms with van der Waals surface area (Å²) in [5.74, 6) is 0.770. The topological polar surface area (TPSA) is 55.8 Å². The number of carbonyl (C=O) groups excluding carboxylic acids is 1. The third-order valence-electron chi connectivity index (χ3n) is 11.1. The monoisotopic (exact) mass is 513 g/mol. The molecule has 1 spiro atoms. The number of piperidine rings is 1. The maximum Gasteiger partial charge on any atom is 0.251 e. The van der Waals surface area contributed by atoms with E-state index in [-0.39, 0.29) is 17.9 Å². The molecule has 7 unspecified atom stereocenters. The molecule has 1 aromatic rings. The highest BCUT2D eigenvalue weighted by Gasteiger charge is 2.78. The normalized spacial score (nSPS) is 37.3. The van der Waals surface area contributed by atoms with Crippen LogP contribution in [0.2, 0.25) is 0 Å². The van der Waals surface area contributed by atoms with Gasteiger partial charge in [0.15, 0.2) is 0 Å².